The molecule has 2 rings (SSSR count). The van der Waals surface area contributed by atoms with E-state index in [0.717, 1.165) is 4.88 Å². The average molecular weight is 275 g/mol. The van der Waals surface area contributed by atoms with Crippen LogP contribution in [0.1, 0.15) is 27.6 Å². The van der Waals surface area contributed by atoms with Gasteiger partial charge >= 0.3 is 0 Å². The Morgan fingerprint density at radius 1 is 1.21 bits per heavy atom. The van der Waals surface area contributed by atoms with Gasteiger partial charge in [-0.05, 0) is 11.4 Å². The Bertz CT molecular complexity index is 551. The van der Waals surface area contributed by atoms with E-state index in [1.807, 2.05) is 23.6 Å². The Kier molecular flexibility index (Phi) is 4.41. The van der Waals surface area contributed by atoms with Crippen LogP contribution < -0.4 is 0 Å². The first-order chi connectivity index (χ1) is 9.16. The maximum atomic E-state index is 12.1. The van der Waals surface area contributed by atoms with Gasteiger partial charge in [-0.2, -0.15) is 0 Å². The third kappa shape index (κ3) is 3.72. The van der Waals surface area contributed by atoms with Crippen molar-refractivity contribution >= 4 is 17.1 Å². The molecule has 1 aromatic carbocycles. The Labute approximate surface area is 114 Å². The molecule has 0 aliphatic carbocycles. The van der Waals surface area contributed by atoms with E-state index in [-0.39, 0.29) is 29.6 Å². The monoisotopic (exact) mass is 275 g/mol. The van der Waals surface area contributed by atoms with Crippen LogP contribution in [0.5, 0.6) is 0 Å². The number of Topliss-reactive ketones (excluding diaryl/α,β-unsaturated/α-hetero) is 1. The lowest BCUT2D eigenvalue weighted by atomic mass is 9.97. The molecule has 1 aromatic heterocycles. The molecule has 0 spiro atoms. The van der Waals surface area contributed by atoms with E-state index in [0.29, 0.717) is 5.56 Å². The van der Waals surface area contributed by atoms with Gasteiger partial charge in [-0.25, -0.2) is 0 Å². The minimum absolute atomic E-state index is 0.0548. The molecule has 5 heteroatoms. The van der Waals surface area contributed by atoms with E-state index in [9.17, 15) is 14.9 Å². The fraction of sp³-hybridized carbons (Fsp3) is 0.214. The standard InChI is InChI=1S/C14H13NO3S/c16-13(11-5-2-1-3-6-11)9-12(10-15(17)18)14-7-4-8-19-14/h1-8,12H,9-10H2/t12-/m1/s1. The van der Waals surface area contributed by atoms with Crippen LogP contribution in [0.2, 0.25) is 0 Å². The van der Waals surface area contributed by atoms with Crippen LogP contribution in [0.15, 0.2) is 47.8 Å². The number of benzene rings is 1. The van der Waals surface area contributed by atoms with Crippen molar-refractivity contribution < 1.29 is 9.72 Å². The van der Waals surface area contributed by atoms with Crippen LogP contribution in [0.4, 0.5) is 0 Å². The lowest BCUT2D eigenvalue weighted by molar-refractivity contribution is -0.483. The van der Waals surface area contributed by atoms with Crippen molar-refractivity contribution in [1.82, 2.24) is 0 Å². The summed E-state index contributed by atoms with van der Waals surface area (Å²) in [7, 11) is 0. The molecule has 1 atom stereocenters. The zero-order chi connectivity index (χ0) is 13.7. The third-order valence-corrected chi connectivity index (χ3v) is 3.88. The summed E-state index contributed by atoms with van der Waals surface area (Å²) in [5, 5.41) is 12.6. The summed E-state index contributed by atoms with van der Waals surface area (Å²) in [5.74, 6) is -0.399. The van der Waals surface area contributed by atoms with E-state index >= 15 is 0 Å². The van der Waals surface area contributed by atoms with Crippen LogP contribution in [-0.4, -0.2) is 17.3 Å². The van der Waals surface area contributed by atoms with E-state index in [2.05, 4.69) is 0 Å². The molecule has 0 aliphatic heterocycles. The highest BCUT2D eigenvalue weighted by atomic mass is 32.1. The molecule has 0 unspecified atom stereocenters. The fourth-order valence-electron chi connectivity index (χ4n) is 1.92. The van der Waals surface area contributed by atoms with E-state index in [4.69, 9.17) is 0 Å². The first-order valence-corrected chi connectivity index (χ1v) is 6.78. The maximum absolute atomic E-state index is 12.1. The normalized spacial score (nSPS) is 12.0. The Morgan fingerprint density at radius 3 is 2.53 bits per heavy atom. The van der Waals surface area contributed by atoms with Gasteiger partial charge in [0.05, 0.1) is 5.92 Å². The molecule has 98 valence electrons. The largest absolute Gasteiger partial charge is 0.294 e. The Morgan fingerprint density at radius 2 is 1.95 bits per heavy atom. The first kappa shape index (κ1) is 13.4. The molecule has 0 saturated carbocycles. The summed E-state index contributed by atoms with van der Waals surface area (Å²) in [5.41, 5.74) is 0.604. The number of nitro groups is 1. The van der Waals surface area contributed by atoms with Crippen LogP contribution >= 0.6 is 11.3 Å². The van der Waals surface area contributed by atoms with Crippen LogP contribution in [0.3, 0.4) is 0 Å². The number of thiophene rings is 1. The van der Waals surface area contributed by atoms with Crippen molar-refractivity contribution in [3.63, 3.8) is 0 Å². The molecule has 0 bridgehead atoms. The van der Waals surface area contributed by atoms with Gasteiger partial charge in [0.15, 0.2) is 5.78 Å². The van der Waals surface area contributed by atoms with Crippen molar-refractivity contribution in [2.45, 2.75) is 12.3 Å². The van der Waals surface area contributed by atoms with Crippen LogP contribution in [0.25, 0.3) is 0 Å². The molecule has 19 heavy (non-hydrogen) atoms. The molecule has 0 amide bonds. The molecule has 1 heterocycles. The number of nitrogens with zero attached hydrogens (tertiary/aromatic N) is 1. The number of ketones is 1. The third-order valence-electron chi connectivity index (χ3n) is 2.84. The molecule has 2 aromatic rings. The van der Waals surface area contributed by atoms with Gasteiger partial charge in [0.2, 0.25) is 6.54 Å². The molecular weight excluding hydrogens is 262 g/mol. The second kappa shape index (κ2) is 6.24. The highest BCUT2D eigenvalue weighted by Crippen LogP contribution is 2.26. The predicted octanol–water partition coefficient (Wildman–Crippen LogP) is 3.38. The van der Waals surface area contributed by atoms with Crippen molar-refractivity contribution in [3.8, 4) is 0 Å². The van der Waals surface area contributed by atoms with Gasteiger partial charge in [-0.15, -0.1) is 11.3 Å². The molecule has 0 aliphatic rings. The van der Waals surface area contributed by atoms with Gasteiger partial charge < -0.3 is 0 Å². The minimum Gasteiger partial charge on any atom is -0.294 e. The summed E-state index contributed by atoms with van der Waals surface area (Å²) < 4.78 is 0. The second-order valence-corrected chi connectivity index (χ2v) is 5.20. The molecule has 0 radical (unpaired) electrons. The predicted molar refractivity (Wildman–Crippen MR) is 74.3 cm³/mol. The number of carbonyl (C=O) groups excluding carboxylic acids is 1. The highest BCUT2D eigenvalue weighted by Gasteiger charge is 2.22. The second-order valence-electron chi connectivity index (χ2n) is 4.22. The van der Waals surface area contributed by atoms with Gasteiger partial charge in [0.25, 0.3) is 0 Å². The number of hydrogen-bond acceptors (Lipinski definition) is 4. The van der Waals surface area contributed by atoms with Crippen LogP contribution in [-0.2, 0) is 0 Å². The molecule has 0 N–H and O–H groups in total. The Hall–Kier alpha value is -2.01. The van der Waals surface area contributed by atoms with Crippen molar-refractivity contribution in [2.24, 2.45) is 0 Å². The smallest absolute Gasteiger partial charge is 0.211 e. The van der Waals surface area contributed by atoms with Gasteiger partial charge in [0, 0.05) is 21.8 Å². The summed E-state index contributed by atoms with van der Waals surface area (Å²) in [4.78, 5) is 23.4. The zero-order valence-electron chi connectivity index (χ0n) is 10.2. The Balaban J connectivity index is 2.12. The molecule has 0 saturated heterocycles. The van der Waals surface area contributed by atoms with Gasteiger partial charge in [-0.1, -0.05) is 36.4 Å². The lowest BCUT2D eigenvalue weighted by Gasteiger charge is -2.10. The highest BCUT2D eigenvalue weighted by molar-refractivity contribution is 7.10. The minimum atomic E-state index is -0.358. The lowest BCUT2D eigenvalue weighted by Crippen LogP contribution is -2.15. The summed E-state index contributed by atoms with van der Waals surface area (Å²) >= 11 is 1.45. The first-order valence-electron chi connectivity index (χ1n) is 5.90. The number of carbonyl (C=O) groups is 1. The zero-order valence-corrected chi connectivity index (χ0v) is 11.0. The maximum Gasteiger partial charge on any atom is 0.211 e. The van der Waals surface area contributed by atoms with E-state index in [1.54, 1.807) is 24.3 Å². The van der Waals surface area contributed by atoms with Crippen molar-refractivity contribution in [1.29, 1.82) is 0 Å². The SMILES string of the molecule is O=C(C[C@H](C[N+](=O)[O-])c1cccs1)c1ccccc1. The quantitative estimate of drug-likeness (QED) is 0.461. The molecule has 0 fully saturated rings. The number of hydrogen-bond donors (Lipinski definition) is 0. The van der Waals surface area contributed by atoms with Crippen molar-refractivity contribution in [3.05, 3.63) is 68.4 Å². The van der Waals surface area contributed by atoms with Crippen molar-refractivity contribution in [2.75, 3.05) is 6.54 Å². The van der Waals surface area contributed by atoms with E-state index in [1.165, 1.54) is 11.3 Å². The van der Waals surface area contributed by atoms with Gasteiger partial charge in [-0.3, -0.25) is 14.9 Å². The topological polar surface area (TPSA) is 60.2 Å². The summed E-state index contributed by atoms with van der Waals surface area (Å²) in [6, 6.07) is 12.6. The number of rotatable bonds is 6. The summed E-state index contributed by atoms with van der Waals surface area (Å²) in [6.45, 7) is -0.209. The average Bonchev–Trinajstić information content (AvgIpc) is 2.92. The summed E-state index contributed by atoms with van der Waals surface area (Å²) in [6.07, 6.45) is 0.172. The molecule has 4 nitrogen and oxygen atoms in total. The fourth-order valence-corrected chi connectivity index (χ4v) is 2.75. The van der Waals surface area contributed by atoms with Crippen LogP contribution in [0, 0.1) is 10.1 Å². The molecular formula is C14H13NO3S. The van der Waals surface area contributed by atoms with Gasteiger partial charge in [0.1, 0.15) is 0 Å². The van der Waals surface area contributed by atoms with E-state index < -0.39 is 0 Å².